The van der Waals surface area contributed by atoms with Crippen molar-refractivity contribution in [3.8, 4) is 11.4 Å². The molecule has 3 aromatic carbocycles. The molecule has 0 saturated heterocycles. The van der Waals surface area contributed by atoms with Crippen LogP contribution >= 0.6 is 11.8 Å². The van der Waals surface area contributed by atoms with Gasteiger partial charge in [0.2, 0.25) is 5.82 Å². The molecule has 1 unspecified atom stereocenters. The number of amides is 2. The zero-order chi connectivity index (χ0) is 23.7. The van der Waals surface area contributed by atoms with Crippen LogP contribution in [-0.2, 0) is 0 Å². The van der Waals surface area contributed by atoms with Gasteiger partial charge in [0.1, 0.15) is 0 Å². The van der Waals surface area contributed by atoms with Crippen LogP contribution in [0.5, 0.6) is 0 Å². The summed E-state index contributed by atoms with van der Waals surface area (Å²) in [6, 6.07) is 25.1. The molecule has 0 radical (unpaired) electrons. The van der Waals surface area contributed by atoms with E-state index in [0.717, 1.165) is 33.6 Å². The molecule has 1 aliphatic heterocycles. The number of rotatable bonds is 5. The lowest BCUT2D eigenvalue weighted by molar-refractivity contribution is 0.244. The van der Waals surface area contributed by atoms with Gasteiger partial charge in [0.15, 0.2) is 0 Å². The van der Waals surface area contributed by atoms with Gasteiger partial charge in [-0.1, -0.05) is 53.2 Å². The molecule has 34 heavy (non-hydrogen) atoms. The molecule has 0 spiro atoms. The van der Waals surface area contributed by atoms with Crippen molar-refractivity contribution in [1.82, 2.24) is 15.5 Å². The van der Waals surface area contributed by atoms with Crippen LogP contribution in [0.15, 0.2) is 94.0 Å². The number of nitrogens with zero attached hydrogens (tertiary/aromatic N) is 3. The van der Waals surface area contributed by atoms with Crippen LogP contribution in [0.4, 0.5) is 10.5 Å². The van der Waals surface area contributed by atoms with Crippen LogP contribution in [-0.4, -0.2) is 22.4 Å². The Kier molecular flexibility index (Phi) is 5.94. The average molecular weight is 469 g/mol. The zero-order valence-corrected chi connectivity index (χ0v) is 20.0. The highest BCUT2D eigenvalue weighted by molar-refractivity contribution is 7.98. The molecular weight excluding hydrogens is 444 g/mol. The highest BCUT2D eigenvalue weighted by Crippen LogP contribution is 2.39. The fourth-order valence-electron chi connectivity index (χ4n) is 4.11. The molecule has 0 saturated carbocycles. The van der Waals surface area contributed by atoms with Crippen LogP contribution in [0.2, 0.25) is 0 Å². The Labute approximate surface area is 202 Å². The Morgan fingerprint density at radius 2 is 1.65 bits per heavy atom. The topological polar surface area (TPSA) is 71.3 Å². The van der Waals surface area contributed by atoms with Crippen LogP contribution in [0.25, 0.3) is 17.0 Å². The molecule has 170 valence electrons. The summed E-state index contributed by atoms with van der Waals surface area (Å²) in [5.41, 5.74) is 5.23. The van der Waals surface area contributed by atoms with Gasteiger partial charge >= 0.3 is 6.03 Å². The molecule has 1 aromatic heterocycles. The number of thioether (sulfide) groups is 1. The average Bonchev–Trinajstić information content (AvgIpc) is 3.35. The van der Waals surface area contributed by atoms with E-state index in [2.05, 4.69) is 10.5 Å². The summed E-state index contributed by atoms with van der Waals surface area (Å²) < 4.78 is 5.77. The minimum atomic E-state index is -0.414. The van der Waals surface area contributed by atoms with Gasteiger partial charge in [-0.15, -0.1) is 11.8 Å². The minimum absolute atomic E-state index is 0.202. The number of aromatic nitrogens is 2. The zero-order valence-electron chi connectivity index (χ0n) is 19.1. The number of urea groups is 1. The Morgan fingerprint density at radius 3 is 2.32 bits per heavy atom. The fraction of sp³-hybridized carbons (Fsp3) is 0.148. The monoisotopic (exact) mass is 468 g/mol. The van der Waals surface area contributed by atoms with E-state index in [1.54, 1.807) is 16.7 Å². The van der Waals surface area contributed by atoms with Gasteiger partial charge in [-0.2, -0.15) is 4.98 Å². The van der Waals surface area contributed by atoms with Gasteiger partial charge in [-0.25, -0.2) is 4.79 Å². The van der Waals surface area contributed by atoms with Crippen molar-refractivity contribution < 1.29 is 9.32 Å². The maximum absolute atomic E-state index is 13.2. The first-order chi connectivity index (χ1) is 16.5. The molecule has 0 bridgehead atoms. The molecule has 1 N–H and O–H groups in total. The normalized spacial score (nSPS) is 16.0. The fourth-order valence-corrected chi connectivity index (χ4v) is 4.52. The molecule has 1 aliphatic rings. The molecule has 2 heterocycles. The van der Waals surface area contributed by atoms with Crippen molar-refractivity contribution in [1.29, 1.82) is 0 Å². The van der Waals surface area contributed by atoms with E-state index in [-0.39, 0.29) is 6.03 Å². The van der Waals surface area contributed by atoms with Crippen molar-refractivity contribution in [3.05, 3.63) is 102 Å². The molecule has 1 atom stereocenters. The van der Waals surface area contributed by atoms with Crippen molar-refractivity contribution in [2.75, 3.05) is 11.2 Å². The maximum atomic E-state index is 13.2. The van der Waals surface area contributed by atoms with E-state index in [0.29, 0.717) is 11.7 Å². The summed E-state index contributed by atoms with van der Waals surface area (Å²) in [6.07, 6.45) is 2.04. The van der Waals surface area contributed by atoms with Gasteiger partial charge in [0, 0.05) is 16.2 Å². The van der Waals surface area contributed by atoms with E-state index >= 15 is 0 Å². The number of benzene rings is 3. The number of hydrogen-bond acceptors (Lipinski definition) is 5. The number of nitrogens with one attached hydrogen (secondary N) is 1. The van der Waals surface area contributed by atoms with Gasteiger partial charge < -0.3 is 9.84 Å². The number of anilines is 1. The number of aryl methyl sites for hydroxylation is 1. The van der Waals surface area contributed by atoms with Gasteiger partial charge in [-0.3, -0.25) is 4.90 Å². The lowest BCUT2D eigenvalue weighted by atomic mass is 9.94. The number of allylic oxidation sites excluding steroid dienone is 1. The first-order valence-corrected chi connectivity index (χ1v) is 12.2. The smallest absolute Gasteiger partial charge is 0.326 e. The van der Waals surface area contributed by atoms with Crippen molar-refractivity contribution >= 4 is 29.1 Å². The molecule has 6 nitrogen and oxygen atoms in total. The lowest BCUT2D eigenvalue weighted by Crippen LogP contribution is -2.46. The molecule has 4 aromatic rings. The summed E-state index contributed by atoms with van der Waals surface area (Å²) in [6.45, 7) is 3.94. The van der Waals surface area contributed by atoms with Crippen molar-refractivity contribution in [3.63, 3.8) is 0 Å². The van der Waals surface area contributed by atoms with Crippen LogP contribution in [0, 0.1) is 6.92 Å². The Bertz CT molecular complexity index is 1350. The Hall–Kier alpha value is -3.84. The highest BCUT2D eigenvalue weighted by Gasteiger charge is 2.36. The first-order valence-electron chi connectivity index (χ1n) is 11.0. The van der Waals surface area contributed by atoms with Crippen LogP contribution < -0.4 is 10.2 Å². The molecule has 7 heteroatoms. The van der Waals surface area contributed by atoms with E-state index in [1.807, 2.05) is 99.0 Å². The highest BCUT2D eigenvalue weighted by atomic mass is 32.2. The maximum Gasteiger partial charge on any atom is 0.326 e. The summed E-state index contributed by atoms with van der Waals surface area (Å²) in [4.78, 5) is 20.8. The number of carbonyl (C=O) groups excluding carboxylic acids is 1. The third-order valence-corrected chi connectivity index (χ3v) is 6.66. The van der Waals surface area contributed by atoms with Gasteiger partial charge in [-0.05, 0) is 62.1 Å². The minimum Gasteiger partial charge on any atom is -0.334 e. The van der Waals surface area contributed by atoms with Crippen molar-refractivity contribution in [2.24, 2.45) is 0 Å². The predicted octanol–water partition coefficient (Wildman–Crippen LogP) is 6.47. The van der Waals surface area contributed by atoms with E-state index < -0.39 is 6.04 Å². The summed E-state index contributed by atoms with van der Waals surface area (Å²) in [5, 5.41) is 7.39. The standard InChI is InChI=1S/C27H24N4O2S/c1-17-9-13-21(14-10-17)31-18(2)23(24(28-27(31)32)19-7-5-4-6-8-19)26-29-25(30-33-26)20-11-15-22(34-3)16-12-20/h4-16,24H,1-3H3,(H,28,32). The Morgan fingerprint density at radius 1 is 0.941 bits per heavy atom. The first kappa shape index (κ1) is 22.0. The summed E-state index contributed by atoms with van der Waals surface area (Å²) in [5.74, 6) is 0.890. The third kappa shape index (κ3) is 4.10. The quantitative estimate of drug-likeness (QED) is 0.340. The van der Waals surface area contributed by atoms with Gasteiger partial charge in [0.25, 0.3) is 5.89 Å². The lowest BCUT2D eigenvalue weighted by Gasteiger charge is -2.35. The number of carbonyl (C=O) groups is 1. The SMILES string of the molecule is CSc1ccc(-c2noc(C3=C(C)N(c4ccc(C)cc4)C(=O)NC3c3ccccc3)n2)cc1. The van der Waals surface area contributed by atoms with E-state index in [9.17, 15) is 4.79 Å². The Balaban J connectivity index is 1.62. The number of hydrogen-bond donors (Lipinski definition) is 1. The second-order valence-corrected chi connectivity index (χ2v) is 8.99. The summed E-state index contributed by atoms with van der Waals surface area (Å²) in [7, 11) is 0. The van der Waals surface area contributed by atoms with Crippen LogP contribution in [0.1, 0.15) is 30.0 Å². The van der Waals surface area contributed by atoms with Crippen molar-refractivity contribution in [2.45, 2.75) is 24.8 Å². The van der Waals surface area contributed by atoms with E-state index in [1.165, 1.54) is 4.90 Å². The predicted molar refractivity (Wildman–Crippen MR) is 135 cm³/mol. The molecular formula is C27H24N4O2S. The summed E-state index contributed by atoms with van der Waals surface area (Å²) >= 11 is 1.68. The van der Waals surface area contributed by atoms with E-state index in [4.69, 9.17) is 9.51 Å². The van der Waals surface area contributed by atoms with Crippen LogP contribution in [0.3, 0.4) is 0 Å². The second kappa shape index (κ2) is 9.19. The molecule has 2 amide bonds. The van der Waals surface area contributed by atoms with Gasteiger partial charge in [0.05, 0.1) is 17.3 Å². The second-order valence-electron chi connectivity index (χ2n) is 8.11. The molecule has 5 rings (SSSR count). The third-order valence-electron chi connectivity index (χ3n) is 5.91. The molecule has 0 aliphatic carbocycles. The molecule has 0 fully saturated rings. The largest absolute Gasteiger partial charge is 0.334 e.